The fraction of sp³-hybridized carbons (Fsp3) is 0.300. The molecule has 0 unspecified atom stereocenters. The number of carbonyl (C=O) groups is 1. The van der Waals surface area contributed by atoms with Gasteiger partial charge in [0.2, 0.25) is 0 Å². The van der Waals surface area contributed by atoms with Gasteiger partial charge in [0.1, 0.15) is 0 Å². The van der Waals surface area contributed by atoms with Crippen LogP contribution in [-0.2, 0) is 6.42 Å². The molecule has 0 atom stereocenters. The molecular weight excluding hydrogens is 298 g/mol. The van der Waals surface area contributed by atoms with Gasteiger partial charge in [-0.25, -0.2) is 5.43 Å². The molecule has 4 heteroatoms. The van der Waals surface area contributed by atoms with E-state index in [4.69, 9.17) is 0 Å². The van der Waals surface area contributed by atoms with Crippen molar-refractivity contribution in [2.24, 2.45) is 5.10 Å². The highest BCUT2D eigenvalue weighted by Crippen LogP contribution is 2.12. The molecule has 0 aliphatic carbocycles. The highest BCUT2D eigenvalue weighted by molar-refractivity contribution is 6.00. The summed E-state index contributed by atoms with van der Waals surface area (Å²) < 4.78 is 0. The molecule has 0 saturated carbocycles. The number of hydrogen-bond donors (Lipinski definition) is 1. The minimum Gasteiger partial charge on any atom is -0.378 e. The van der Waals surface area contributed by atoms with Crippen LogP contribution in [0.25, 0.3) is 0 Å². The van der Waals surface area contributed by atoms with E-state index in [0.29, 0.717) is 5.56 Å². The van der Waals surface area contributed by atoms with Crippen molar-refractivity contribution in [2.75, 3.05) is 19.0 Å². The summed E-state index contributed by atoms with van der Waals surface area (Å²) in [5.74, 6) is -0.206. The number of nitrogens with zero attached hydrogens (tertiary/aromatic N) is 2. The Kier molecular flexibility index (Phi) is 6.13. The number of benzene rings is 2. The summed E-state index contributed by atoms with van der Waals surface area (Å²) in [4.78, 5) is 14.2. The van der Waals surface area contributed by atoms with Gasteiger partial charge in [0.05, 0.1) is 5.71 Å². The van der Waals surface area contributed by atoms with Gasteiger partial charge in [-0.2, -0.15) is 5.10 Å². The van der Waals surface area contributed by atoms with E-state index in [1.165, 1.54) is 5.56 Å². The summed E-state index contributed by atoms with van der Waals surface area (Å²) in [6.07, 6.45) is 2.21. The molecule has 0 aliphatic rings. The fourth-order valence-corrected chi connectivity index (χ4v) is 2.38. The predicted molar refractivity (Wildman–Crippen MR) is 101 cm³/mol. The van der Waals surface area contributed by atoms with Crippen molar-refractivity contribution >= 4 is 17.3 Å². The Labute approximate surface area is 144 Å². The number of rotatable bonds is 6. The Bertz CT molecular complexity index is 701. The monoisotopic (exact) mass is 323 g/mol. The second-order valence-electron chi connectivity index (χ2n) is 6.03. The Balaban J connectivity index is 2.01. The summed E-state index contributed by atoms with van der Waals surface area (Å²) in [5, 5.41) is 4.21. The van der Waals surface area contributed by atoms with Crippen molar-refractivity contribution in [3.8, 4) is 0 Å². The number of anilines is 1. The number of amides is 1. The predicted octanol–water partition coefficient (Wildman–Crippen LogP) is 3.86. The second-order valence-corrected chi connectivity index (χ2v) is 6.03. The average Bonchev–Trinajstić information content (AvgIpc) is 2.60. The third kappa shape index (κ3) is 4.69. The van der Waals surface area contributed by atoms with Gasteiger partial charge < -0.3 is 4.90 Å². The molecule has 24 heavy (non-hydrogen) atoms. The second kappa shape index (κ2) is 8.29. The van der Waals surface area contributed by atoms with Gasteiger partial charge in [0.25, 0.3) is 5.91 Å². The van der Waals surface area contributed by atoms with E-state index in [1.54, 1.807) is 12.1 Å². The van der Waals surface area contributed by atoms with Crippen molar-refractivity contribution in [3.05, 3.63) is 65.2 Å². The summed E-state index contributed by atoms with van der Waals surface area (Å²) >= 11 is 0. The molecule has 0 aromatic heterocycles. The van der Waals surface area contributed by atoms with E-state index in [2.05, 4.69) is 29.6 Å². The molecule has 0 aliphatic heterocycles. The molecule has 0 radical (unpaired) electrons. The molecule has 2 aromatic rings. The van der Waals surface area contributed by atoms with Crippen LogP contribution >= 0.6 is 0 Å². The van der Waals surface area contributed by atoms with E-state index < -0.39 is 0 Å². The topological polar surface area (TPSA) is 44.7 Å². The minimum absolute atomic E-state index is 0.206. The van der Waals surface area contributed by atoms with Gasteiger partial charge in [-0.15, -0.1) is 0 Å². The molecule has 2 aromatic carbocycles. The van der Waals surface area contributed by atoms with Gasteiger partial charge in [-0.05, 0) is 48.7 Å². The zero-order valence-corrected chi connectivity index (χ0v) is 14.8. The van der Waals surface area contributed by atoms with Crippen LogP contribution in [0.2, 0.25) is 0 Å². The molecule has 0 spiro atoms. The number of nitrogens with one attached hydrogen (secondary N) is 1. The average molecular weight is 323 g/mol. The van der Waals surface area contributed by atoms with Crippen LogP contribution in [0.3, 0.4) is 0 Å². The van der Waals surface area contributed by atoms with Crippen molar-refractivity contribution in [2.45, 2.75) is 26.7 Å². The lowest BCUT2D eigenvalue weighted by Gasteiger charge is -2.12. The molecule has 2 rings (SSSR count). The molecule has 1 amide bonds. The maximum absolute atomic E-state index is 12.2. The third-order valence-electron chi connectivity index (χ3n) is 3.88. The van der Waals surface area contributed by atoms with Crippen LogP contribution in [0.5, 0.6) is 0 Å². The first-order valence-electron chi connectivity index (χ1n) is 8.22. The van der Waals surface area contributed by atoms with E-state index in [9.17, 15) is 4.79 Å². The molecular formula is C20H25N3O. The Morgan fingerprint density at radius 1 is 1.00 bits per heavy atom. The number of hydrazone groups is 1. The Morgan fingerprint density at radius 2 is 1.58 bits per heavy atom. The summed E-state index contributed by atoms with van der Waals surface area (Å²) in [7, 11) is 3.93. The standard InChI is InChI=1S/C20H25N3O/c1-5-6-16-7-9-17(10-8-16)15(2)21-22-20(24)18-11-13-19(14-12-18)23(3)4/h7-14H,5-6H2,1-4H3,(H,22,24). The normalized spacial score (nSPS) is 11.2. The van der Waals surface area contributed by atoms with Gasteiger partial charge in [0, 0.05) is 25.3 Å². The molecule has 4 nitrogen and oxygen atoms in total. The van der Waals surface area contributed by atoms with Crippen LogP contribution in [0.15, 0.2) is 53.6 Å². The zero-order chi connectivity index (χ0) is 17.5. The largest absolute Gasteiger partial charge is 0.378 e. The third-order valence-corrected chi connectivity index (χ3v) is 3.88. The highest BCUT2D eigenvalue weighted by Gasteiger charge is 2.05. The van der Waals surface area contributed by atoms with Gasteiger partial charge in [-0.3, -0.25) is 4.79 Å². The minimum atomic E-state index is -0.206. The van der Waals surface area contributed by atoms with Crippen molar-refractivity contribution in [3.63, 3.8) is 0 Å². The van der Waals surface area contributed by atoms with Gasteiger partial charge in [0.15, 0.2) is 0 Å². The van der Waals surface area contributed by atoms with E-state index in [-0.39, 0.29) is 5.91 Å². The molecule has 1 N–H and O–H groups in total. The van der Waals surface area contributed by atoms with Gasteiger partial charge in [-0.1, -0.05) is 37.6 Å². The number of hydrogen-bond acceptors (Lipinski definition) is 3. The van der Waals surface area contributed by atoms with Crippen molar-refractivity contribution in [1.29, 1.82) is 0 Å². The van der Waals surface area contributed by atoms with Crippen LogP contribution in [-0.4, -0.2) is 25.7 Å². The molecule has 0 fully saturated rings. The van der Waals surface area contributed by atoms with E-state index >= 15 is 0 Å². The van der Waals surface area contributed by atoms with Crippen LogP contribution < -0.4 is 10.3 Å². The molecule has 0 heterocycles. The van der Waals surface area contributed by atoms with Crippen molar-refractivity contribution < 1.29 is 4.79 Å². The maximum atomic E-state index is 12.2. The lowest BCUT2D eigenvalue weighted by molar-refractivity contribution is 0.0955. The quantitative estimate of drug-likeness (QED) is 0.648. The van der Waals surface area contributed by atoms with Crippen molar-refractivity contribution in [1.82, 2.24) is 5.43 Å². The maximum Gasteiger partial charge on any atom is 0.271 e. The van der Waals surface area contributed by atoms with E-state index in [1.807, 2.05) is 50.2 Å². The first-order valence-corrected chi connectivity index (χ1v) is 8.22. The molecule has 0 bridgehead atoms. The lowest BCUT2D eigenvalue weighted by Crippen LogP contribution is -2.19. The number of carbonyl (C=O) groups excluding carboxylic acids is 1. The van der Waals surface area contributed by atoms with Gasteiger partial charge >= 0.3 is 0 Å². The van der Waals surface area contributed by atoms with Crippen LogP contribution in [0.1, 0.15) is 41.8 Å². The fourth-order valence-electron chi connectivity index (χ4n) is 2.38. The molecule has 126 valence electrons. The van der Waals surface area contributed by atoms with Crippen LogP contribution in [0, 0.1) is 0 Å². The van der Waals surface area contributed by atoms with Crippen LogP contribution in [0.4, 0.5) is 5.69 Å². The Morgan fingerprint density at radius 3 is 2.12 bits per heavy atom. The number of aryl methyl sites for hydroxylation is 1. The van der Waals surface area contributed by atoms with E-state index in [0.717, 1.165) is 29.8 Å². The lowest BCUT2D eigenvalue weighted by atomic mass is 10.1. The first kappa shape index (κ1) is 17.7. The highest BCUT2D eigenvalue weighted by atomic mass is 16.2. The molecule has 0 saturated heterocycles. The summed E-state index contributed by atoms with van der Waals surface area (Å²) in [6, 6.07) is 15.7. The first-order chi connectivity index (χ1) is 11.5. The smallest absolute Gasteiger partial charge is 0.271 e. The summed E-state index contributed by atoms with van der Waals surface area (Å²) in [6.45, 7) is 4.06. The SMILES string of the molecule is CCCc1ccc(C(C)=NNC(=O)c2ccc(N(C)C)cc2)cc1. The summed E-state index contributed by atoms with van der Waals surface area (Å²) in [5.41, 5.74) is 7.39. The Hall–Kier alpha value is -2.62. The zero-order valence-electron chi connectivity index (χ0n) is 14.8.